The van der Waals surface area contributed by atoms with Crippen LogP contribution in [0.25, 0.3) is 0 Å². The molecule has 3 heteroatoms. The number of anilines is 1. The SMILES string of the molecule is CCCCCC(Nc1ccc(I)cc1Cl)c1ccccc1. The second-order valence-corrected chi connectivity index (χ2v) is 6.88. The van der Waals surface area contributed by atoms with Crippen LogP contribution in [0, 0.1) is 3.57 Å². The molecule has 0 spiro atoms. The van der Waals surface area contributed by atoms with Crippen LogP contribution in [-0.2, 0) is 0 Å². The smallest absolute Gasteiger partial charge is 0.0648 e. The summed E-state index contributed by atoms with van der Waals surface area (Å²) in [7, 11) is 0. The third-order valence-electron chi connectivity index (χ3n) is 3.56. The summed E-state index contributed by atoms with van der Waals surface area (Å²) in [5, 5.41) is 4.40. The van der Waals surface area contributed by atoms with Crippen molar-refractivity contribution in [1.29, 1.82) is 0 Å². The molecule has 1 nitrogen and oxygen atoms in total. The number of hydrogen-bond donors (Lipinski definition) is 1. The molecule has 2 aromatic rings. The predicted octanol–water partition coefficient (Wildman–Crippen LogP) is 6.68. The topological polar surface area (TPSA) is 12.0 Å². The van der Waals surface area contributed by atoms with Gasteiger partial charge in [-0.1, -0.05) is 68.1 Å². The minimum atomic E-state index is 0.315. The summed E-state index contributed by atoms with van der Waals surface area (Å²) in [6.45, 7) is 2.24. The normalized spacial score (nSPS) is 12.1. The van der Waals surface area contributed by atoms with Gasteiger partial charge in [0.05, 0.1) is 16.8 Å². The first-order valence-corrected chi connectivity index (χ1v) is 8.93. The molecule has 0 fully saturated rings. The molecule has 2 aromatic carbocycles. The number of nitrogens with one attached hydrogen (secondary N) is 1. The summed E-state index contributed by atoms with van der Waals surface area (Å²) in [5.41, 5.74) is 2.34. The van der Waals surface area contributed by atoms with Crippen molar-refractivity contribution in [2.45, 2.75) is 38.6 Å². The molecular formula is C18H21ClIN. The first-order chi connectivity index (χ1) is 10.2. The van der Waals surface area contributed by atoms with Crippen molar-refractivity contribution in [2.75, 3.05) is 5.32 Å². The average molecular weight is 414 g/mol. The van der Waals surface area contributed by atoms with Crippen molar-refractivity contribution in [2.24, 2.45) is 0 Å². The lowest BCUT2D eigenvalue weighted by molar-refractivity contribution is 0.606. The van der Waals surface area contributed by atoms with Crippen LogP contribution in [-0.4, -0.2) is 0 Å². The fraction of sp³-hybridized carbons (Fsp3) is 0.333. The molecule has 0 saturated heterocycles. The van der Waals surface area contributed by atoms with E-state index in [4.69, 9.17) is 11.6 Å². The Hall–Kier alpha value is -0.740. The lowest BCUT2D eigenvalue weighted by Gasteiger charge is -2.21. The van der Waals surface area contributed by atoms with E-state index in [0.717, 1.165) is 20.7 Å². The van der Waals surface area contributed by atoms with Crippen LogP contribution in [0.3, 0.4) is 0 Å². The number of rotatable bonds is 7. The molecule has 0 heterocycles. The van der Waals surface area contributed by atoms with Gasteiger partial charge in [0.25, 0.3) is 0 Å². The summed E-state index contributed by atoms with van der Waals surface area (Å²) in [4.78, 5) is 0. The van der Waals surface area contributed by atoms with E-state index in [-0.39, 0.29) is 0 Å². The van der Waals surface area contributed by atoms with Crippen molar-refractivity contribution >= 4 is 39.9 Å². The highest BCUT2D eigenvalue weighted by molar-refractivity contribution is 14.1. The average Bonchev–Trinajstić information content (AvgIpc) is 2.49. The van der Waals surface area contributed by atoms with Crippen molar-refractivity contribution in [3.63, 3.8) is 0 Å². The summed E-state index contributed by atoms with van der Waals surface area (Å²) in [6, 6.07) is 17.1. The van der Waals surface area contributed by atoms with Crippen molar-refractivity contribution < 1.29 is 0 Å². The monoisotopic (exact) mass is 413 g/mol. The number of halogens is 2. The Morgan fingerprint density at radius 3 is 2.52 bits per heavy atom. The molecule has 112 valence electrons. The van der Waals surface area contributed by atoms with Crippen LogP contribution in [0.5, 0.6) is 0 Å². The van der Waals surface area contributed by atoms with Crippen molar-refractivity contribution in [1.82, 2.24) is 0 Å². The Morgan fingerprint density at radius 2 is 1.86 bits per heavy atom. The van der Waals surface area contributed by atoms with Crippen LogP contribution >= 0.6 is 34.2 Å². The second-order valence-electron chi connectivity index (χ2n) is 5.23. The number of hydrogen-bond acceptors (Lipinski definition) is 1. The number of benzene rings is 2. The van der Waals surface area contributed by atoms with Gasteiger partial charge in [-0.15, -0.1) is 0 Å². The summed E-state index contributed by atoms with van der Waals surface area (Å²) >= 11 is 8.64. The maximum atomic E-state index is 6.36. The lowest BCUT2D eigenvalue weighted by atomic mass is 10.00. The van der Waals surface area contributed by atoms with Gasteiger partial charge in [0, 0.05) is 3.57 Å². The van der Waals surface area contributed by atoms with Gasteiger partial charge in [-0.2, -0.15) is 0 Å². The predicted molar refractivity (Wildman–Crippen MR) is 101 cm³/mol. The van der Waals surface area contributed by atoms with E-state index in [1.54, 1.807) is 0 Å². The third-order valence-corrected chi connectivity index (χ3v) is 4.54. The first-order valence-electron chi connectivity index (χ1n) is 7.47. The molecule has 0 amide bonds. The summed E-state index contributed by atoms with van der Waals surface area (Å²) in [5.74, 6) is 0. The minimum absolute atomic E-state index is 0.315. The van der Waals surface area contributed by atoms with Crippen LogP contribution in [0.15, 0.2) is 48.5 Å². The highest BCUT2D eigenvalue weighted by Gasteiger charge is 2.12. The largest absolute Gasteiger partial charge is 0.377 e. The van der Waals surface area contributed by atoms with Crippen LogP contribution in [0.4, 0.5) is 5.69 Å². The van der Waals surface area contributed by atoms with Gasteiger partial charge in [-0.05, 0) is 52.8 Å². The Balaban J connectivity index is 2.15. The molecule has 1 N–H and O–H groups in total. The Labute approximate surface area is 146 Å². The van der Waals surface area contributed by atoms with Crippen LogP contribution in [0.1, 0.15) is 44.2 Å². The molecule has 0 aliphatic heterocycles. The molecule has 1 atom stereocenters. The first kappa shape index (κ1) is 16.6. The quantitative estimate of drug-likeness (QED) is 0.394. The fourth-order valence-corrected chi connectivity index (χ4v) is 3.31. The number of unbranched alkanes of at least 4 members (excludes halogenated alkanes) is 2. The molecule has 0 saturated carbocycles. The molecule has 1 unspecified atom stereocenters. The van der Waals surface area contributed by atoms with Crippen LogP contribution < -0.4 is 5.32 Å². The van der Waals surface area contributed by atoms with Crippen LogP contribution in [0.2, 0.25) is 5.02 Å². The highest BCUT2D eigenvalue weighted by Crippen LogP contribution is 2.30. The van der Waals surface area contributed by atoms with Gasteiger partial charge in [0.1, 0.15) is 0 Å². The molecule has 21 heavy (non-hydrogen) atoms. The zero-order valence-electron chi connectivity index (χ0n) is 12.3. The Morgan fingerprint density at radius 1 is 1.10 bits per heavy atom. The maximum absolute atomic E-state index is 6.36. The van der Waals surface area contributed by atoms with E-state index >= 15 is 0 Å². The highest BCUT2D eigenvalue weighted by atomic mass is 127. The van der Waals surface area contributed by atoms with E-state index in [2.05, 4.69) is 77.3 Å². The maximum Gasteiger partial charge on any atom is 0.0648 e. The van der Waals surface area contributed by atoms with Gasteiger partial charge in [0.2, 0.25) is 0 Å². The summed E-state index contributed by atoms with van der Waals surface area (Å²) < 4.78 is 1.16. The van der Waals surface area contributed by atoms with Gasteiger partial charge in [-0.3, -0.25) is 0 Å². The zero-order valence-corrected chi connectivity index (χ0v) is 15.2. The molecule has 0 radical (unpaired) electrons. The molecule has 2 rings (SSSR count). The van der Waals surface area contributed by atoms with E-state index in [1.807, 2.05) is 6.07 Å². The van der Waals surface area contributed by atoms with E-state index < -0.39 is 0 Å². The summed E-state index contributed by atoms with van der Waals surface area (Å²) in [6.07, 6.45) is 4.86. The van der Waals surface area contributed by atoms with Gasteiger partial charge < -0.3 is 5.32 Å². The Bertz CT molecular complexity index is 556. The molecule has 0 bridgehead atoms. The molecule has 0 aromatic heterocycles. The molecule has 0 aliphatic carbocycles. The minimum Gasteiger partial charge on any atom is -0.377 e. The van der Waals surface area contributed by atoms with E-state index in [0.29, 0.717) is 6.04 Å². The Kier molecular flexibility index (Phi) is 6.84. The van der Waals surface area contributed by atoms with Gasteiger partial charge >= 0.3 is 0 Å². The van der Waals surface area contributed by atoms with Crippen molar-refractivity contribution in [3.8, 4) is 0 Å². The van der Waals surface area contributed by atoms with E-state index in [1.165, 1.54) is 24.8 Å². The zero-order chi connectivity index (χ0) is 15.1. The van der Waals surface area contributed by atoms with Gasteiger partial charge in [-0.25, -0.2) is 0 Å². The van der Waals surface area contributed by atoms with Gasteiger partial charge in [0.15, 0.2) is 0 Å². The fourth-order valence-electron chi connectivity index (χ4n) is 2.40. The third kappa shape index (κ3) is 5.19. The lowest BCUT2D eigenvalue weighted by Crippen LogP contribution is -2.11. The standard InChI is InChI=1S/C18H21ClIN/c1-2-3-5-10-17(14-8-6-4-7-9-14)21-18-12-11-15(20)13-16(18)19/h4,6-9,11-13,17,21H,2-3,5,10H2,1H3. The van der Waals surface area contributed by atoms with Crippen molar-refractivity contribution in [3.05, 3.63) is 62.7 Å². The second kappa shape index (κ2) is 8.64. The molecular weight excluding hydrogens is 393 g/mol. The van der Waals surface area contributed by atoms with E-state index in [9.17, 15) is 0 Å². The molecule has 0 aliphatic rings.